The standard InChI is InChI=1S/C12H20ClN.ClH/c13-1-2-14-12-10-4-8-3-9(6-10)7-11(12)5-8;/h8-12,14H,1-7H2;1H. The lowest BCUT2D eigenvalue weighted by Gasteiger charge is -2.54. The minimum absolute atomic E-state index is 0. The van der Waals surface area contributed by atoms with Crippen molar-refractivity contribution in [3.63, 3.8) is 0 Å². The number of hydrogen-bond acceptors (Lipinski definition) is 1. The van der Waals surface area contributed by atoms with Gasteiger partial charge in [0, 0.05) is 18.5 Å². The number of nitrogens with one attached hydrogen (secondary N) is 1. The Morgan fingerprint density at radius 2 is 1.47 bits per heavy atom. The number of hydrogen-bond donors (Lipinski definition) is 1. The summed E-state index contributed by atoms with van der Waals surface area (Å²) in [5, 5.41) is 3.68. The minimum Gasteiger partial charge on any atom is -0.312 e. The maximum absolute atomic E-state index is 5.75. The molecule has 0 unspecified atom stereocenters. The molecule has 1 nitrogen and oxygen atoms in total. The lowest BCUT2D eigenvalue weighted by atomic mass is 9.54. The van der Waals surface area contributed by atoms with Crippen LogP contribution >= 0.6 is 24.0 Å². The quantitative estimate of drug-likeness (QED) is 0.759. The Bertz CT molecular complexity index is 192. The summed E-state index contributed by atoms with van der Waals surface area (Å²) in [6.45, 7) is 1.01. The lowest BCUT2D eigenvalue weighted by Crippen LogP contribution is -2.54. The molecule has 0 aliphatic heterocycles. The molecule has 88 valence electrons. The second-order valence-corrected chi connectivity index (χ2v) is 5.98. The molecule has 4 saturated carbocycles. The van der Waals surface area contributed by atoms with Gasteiger partial charge in [0.25, 0.3) is 0 Å². The molecule has 3 heteroatoms. The topological polar surface area (TPSA) is 12.0 Å². The van der Waals surface area contributed by atoms with Crippen LogP contribution in [0.25, 0.3) is 0 Å². The monoisotopic (exact) mass is 249 g/mol. The lowest BCUT2D eigenvalue weighted by molar-refractivity contribution is -0.0128. The van der Waals surface area contributed by atoms with Gasteiger partial charge in [-0.1, -0.05) is 0 Å². The van der Waals surface area contributed by atoms with E-state index in [1.807, 2.05) is 0 Å². The average molecular weight is 250 g/mol. The first kappa shape index (κ1) is 12.0. The van der Waals surface area contributed by atoms with Gasteiger partial charge in [-0.2, -0.15) is 0 Å². The summed E-state index contributed by atoms with van der Waals surface area (Å²) < 4.78 is 0. The molecule has 0 spiro atoms. The summed E-state index contributed by atoms with van der Waals surface area (Å²) in [6, 6.07) is 0.821. The zero-order chi connectivity index (χ0) is 9.54. The Hall–Kier alpha value is 0.540. The van der Waals surface area contributed by atoms with Gasteiger partial charge in [0.2, 0.25) is 0 Å². The summed E-state index contributed by atoms with van der Waals surface area (Å²) >= 11 is 5.75. The highest BCUT2D eigenvalue weighted by Gasteiger charge is 2.47. The van der Waals surface area contributed by atoms with Gasteiger partial charge in [0.1, 0.15) is 0 Å². The van der Waals surface area contributed by atoms with Crippen LogP contribution in [0.2, 0.25) is 0 Å². The summed E-state index contributed by atoms with van der Waals surface area (Å²) in [4.78, 5) is 0. The van der Waals surface area contributed by atoms with Crippen LogP contribution in [0.3, 0.4) is 0 Å². The molecule has 15 heavy (non-hydrogen) atoms. The molecular weight excluding hydrogens is 229 g/mol. The van der Waals surface area contributed by atoms with Crippen LogP contribution in [0, 0.1) is 23.7 Å². The third-order valence-corrected chi connectivity index (χ3v) is 4.89. The summed E-state index contributed by atoms with van der Waals surface area (Å²) in [6.07, 6.45) is 7.58. The van der Waals surface area contributed by atoms with E-state index < -0.39 is 0 Å². The van der Waals surface area contributed by atoms with Gasteiger partial charge in [-0.3, -0.25) is 0 Å². The van der Waals surface area contributed by atoms with Crippen LogP contribution in [-0.4, -0.2) is 18.5 Å². The van der Waals surface area contributed by atoms with Gasteiger partial charge in [0.15, 0.2) is 0 Å². The van der Waals surface area contributed by atoms with E-state index in [4.69, 9.17) is 11.6 Å². The van der Waals surface area contributed by atoms with E-state index in [2.05, 4.69) is 5.32 Å². The van der Waals surface area contributed by atoms with Gasteiger partial charge in [-0.05, 0) is 55.8 Å². The largest absolute Gasteiger partial charge is 0.312 e. The molecule has 4 rings (SSSR count). The number of rotatable bonds is 3. The van der Waals surface area contributed by atoms with Crippen molar-refractivity contribution >= 4 is 24.0 Å². The van der Waals surface area contributed by atoms with E-state index in [9.17, 15) is 0 Å². The van der Waals surface area contributed by atoms with E-state index in [0.29, 0.717) is 0 Å². The SMILES string of the molecule is Cl.ClCCNC1C2CC3CC(C2)CC1C3. The van der Waals surface area contributed by atoms with Crippen LogP contribution in [0.4, 0.5) is 0 Å². The van der Waals surface area contributed by atoms with E-state index in [1.165, 1.54) is 25.7 Å². The summed E-state index contributed by atoms with van der Waals surface area (Å²) in [5.41, 5.74) is 0. The predicted molar refractivity (Wildman–Crippen MR) is 66.8 cm³/mol. The van der Waals surface area contributed by atoms with Crippen LogP contribution in [0.15, 0.2) is 0 Å². The predicted octanol–water partition coefficient (Wildman–Crippen LogP) is 3.06. The van der Waals surface area contributed by atoms with Gasteiger partial charge in [-0.15, -0.1) is 24.0 Å². The molecule has 0 aromatic carbocycles. The molecule has 4 bridgehead atoms. The Labute approximate surface area is 104 Å². The molecule has 0 aromatic rings. The molecule has 1 N–H and O–H groups in total. The Balaban J connectivity index is 0.000000853. The number of alkyl halides is 1. The first-order valence-electron chi connectivity index (χ1n) is 6.16. The maximum atomic E-state index is 5.75. The first-order chi connectivity index (χ1) is 6.86. The first-order valence-corrected chi connectivity index (χ1v) is 6.69. The zero-order valence-electron chi connectivity index (χ0n) is 9.12. The van der Waals surface area contributed by atoms with E-state index in [1.54, 1.807) is 6.42 Å². The van der Waals surface area contributed by atoms with Gasteiger partial charge in [0.05, 0.1) is 0 Å². The molecule has 0 aromatic heterocycles. The fourth-order valence-corrected chi connectivity index (χ4v) is 4.59. The van der Waals surface area contributed by atoms with Crippen molar-refractivity contribution in [2.24, 2.45) is 23.7 Å². The van der Waals surface area contributed by atoms with Crippen molar-refractivity contribution < 1.29 is 0 Å². The molecule has 0 amide bonds. The summed E-state index contributed by atoms with van der Waals surface area (Å²) in [7, 11) is 0. The Morgan fingerprint density at radius 3 is 1.93 bits per heavy atom. The molecule has 0 saturated heterocycles. The second kappa shape index (κ2) is 4.81. The van der Waals surface area contributed by atoms with Crippen molar-refractivity contribution in [1.29, 1.82) is 0 Å². The van der Waals surface area contributed by atoms with Crippen LogP contribution < -0.4 is 5.32 Å². The van der Waals surface area contributed by atoms with Crippen molar-refractivity contribution in [3.8, 4) is 0 Å². The third kappa shape index (κ3) is 2.16. The van der Waals surface area contributed by atoms with Crippen molar-refractivity contribution in [3.05, 3.63) is 0 Å². The van der Waals surface area contributed by atoms with Crippen molar-refractivity contribution in [2.75, 3.05) is 12.4 Å². The molecule has 0 radical (unpaired) electrons. The van der Waals surface area contributed by atoms with Gasteiger partial charge in [-0.25, -0.2) is 0 Å². The second-order valence-electron chi connectivity index (χ2n) is 5.60. The van der Waals surface area contributed by atoms with E-state index >= 15 is 0 Å². The minimum atomic E-state index is 0. The van der Waals surface area contributed by atoms with E-state index in [-0.39, 0.29) is 12.4 Å². The Kier molecular flexibility index (Phi) is 3.85. The van der Waals surface area contributed by atoms with Crippen molar-refractivity contribution in [1.82, 2.24) is 5.32 Å². The molecule has 0 heterocycles. The fraction of sp³-hybridized carbons (Fsp3) is 1.00. The fourth-order valence-electron chi connectivity index (χ4n) is 4.48. The molecular formula is C12H21Cl2N. The van der Waals surface area contributed by atoms with Gasteiger partial charge >= 0.3 is 0 Å². The average Bonchev–Trinajstić information content (AvgIpc) is 2.15. The normalized spacial score (nSPS) is 46.6. The highest BCUT2D eigenvalue weighted by molar-refractivity contribution is 6.18. The molecule has 4 fully saturated rings. The summed E-state index contributed by atoms with van der Waals surface area (Å²) in [5.74, 6) is 4.94. The van der Waals surface area contributed by atoms with Crippen LogP contribution in [0.5, 0.6) is 0 Å². The van der Waals surface area contributed by atoms with E-state index in [0.717, 1.165) is 42.1 Å². The molecule has 0 atom stereocenters. The van der Waals surface area contributed by atoms with Crippen molar-refractivity contribution in [2.45, 2.75) is 38.1 Å². The van der Waals surface area contributed by atoms with Gasteiger partial charge < -0.3 is 5.32 Å². The highest BCUT2D eigenvalue weighted by Crippen LogP contribution is 2.53. The zero-order valence-corrected chi connectivity index (χ0v) is 10.7. The maximum Gasteiger partial charge on any atom is 0.0348 e. The van der Waals surface area contributed by atoms with Crippen LogP contribution in [-0.2, 0) is 0 Å². The highest BCUT2D eigenvalue weighted by atomic mass is 35.5. The molecule has 4 aliphatic rings. The smallest absolute Gasteiger partial charge is 0.0348 e. The number of halogens is 2. The Morgan fingerprint density at radius 1 is 0.933 bits per heavy atom. The third-order valence-electron chi connectivity index (χ3n) is 4.70. The van der Waals surface area contributed by atoms with Crippen LogP contribution in [0.1, 0.15) is 32.1 Å². The molecule has 4 aliphatic carbocycles.